The number of ether oxygens (including phenoxy) is 1. The first-order chi connectivity index (χ1) is 12.4. The van der Waals surface area contributed by atoms with Gasteiger partial charge in [-0.1, -0.05) is 12.1 Å². The van der Waals surface area contributed by atoms with Gasteiger partial charge in [0.05, 0.1) is 5.56 Å². The van der Waals surface area contributed by atoms with E-state index >= 15 is 0 Å². The van der Waals surface area contributed by atoms with Gasteiger partial charge in [0.25, 0.3) is 5.91 Å². The van der Waals surface area contributed by atoms with E-state index in [1.54, 1.807) is 36.1 Å². The molecule has 7 heteroatoms. The Labute approximate surface area is 154 Å². The van der Waals surface area contributed by atoms with E-state index in [-0.39, 0.29) is 18.0 Å². The van der Waals surface area contributed by atoms with Gasteiger partial charge in [0.1, 0.15) is 0 Å². The Hall–Kier alpha value is -2.57. The van der Waals surface area contributed by atoms with Crippen LogP contribution in [0.1, 0.15) is 49.5 Å². The minimum Gasteiger partial charge on any atom is -0.449 e. The van der Waals surface area contributed by atoms with Gasteiger partial charge in [-0.2, -0.15) is 0 Å². The van der Waals surface area contributed by atoms with E-state index in [1.807, 2.05) is 13.8 Å². The number of carbonyl (C=O) groups excluding carboxylic acids is 3. The van der Waals surface area contributed by atoms with Crippen molar-refractivity contribution in [2.45, 2.75) is 52.3 Å². The molecule has 1 atom stereocenters. The molecule has 26 heavy (non-hydrogen) atoms. The Morgan fingerprint density at radius 3 is 2.27 bits per heavy atom. The van der Waals surface area contributed by atoms with Gasteiger partial charge in [0.15, 0.2) is 6.10 Å². The summed E-state index contributed by atoms with van der Waals surface area (Å²) in [5.41, 5.74) is 1.24. The van der Waals surface area contributed by atoms with Gasteiger partial charge in [-0.15, -0.1) is 0 Å². The number of nitrogens with zero attached hydrogens (tertiary/aromatic N) is 1. The maximum Gasteiger partial charge on any atom is 0.338 e. The molecule has 1 aliphatic rings. The monoisotopic (exact) mass is 361 g/mol. The summed E-state index contributed by atoms with van der Waals surface area (Å²) in [7, 11) is 0. The van der Waals surface area contributed by atoms with Crippen molar-refractivity contribution < 1.29 is 19.1 Å². The largest absolute Gasteiger partial charge is 0.449 e. The smallest absolute Gasteiger partial charge is 0.338 e. The van der Waals surface area contributed by atoms with Crippen LogP contribution in [0.25, 0.3) is 0 Å². The lowest BCUT2D eigenvalue weighted by atomic mass is 10.1. The third-order valence-electron chi connectivity index (χ3n) is 4.11. The highest BCUT2D eigenvalue weighted by molar-refractivity contribution is 5.92. The fourth-order valence-corrected chi connectivity index (χ4v) is 2.73. The Balaban J connectivity index is 1.83. The Kier molecular flexibility index (Phi) is 7.00. The number of rotatable bonds is 6. The minimum absolute atomic E-state index is 0.0670. The van der Waals surface area contributed by atoms with E-state index in [4.69, 9.17) is 4.74 Å². The van der Waals surface area contributed by atoms with Crippen molar-refractivity contribution in [3.63, 3.8) is 0 Å². The van der Waals surface area contributed by atoms with Crippen LogP contribution in [-0.4, -0.2) is 48.0 Å². The van der Waals surface area contributed by atoms with E-state index in [1.165, 1.54) is 0 Å². The van der Waals surface area contributed by atoms with Gasteiger partial charge in [-0.3, -0.25) is 4.79 Å². The summed E-state index contributed by atoms with van der Waals surface area (Å²) in [4.78, 5) is 37.7. The molecule has 0 bridgehead atoms. The SMILES string of the molecule is CC(C)NC(=O)NCc1ccc(C(=O)OC(C)C(=O)N2CCCC2)cc1. The molecule has 0 radical (unpaired) electrons. The van der Waals surface area contributed by atoms with Crippen LogP contribution < -0.4 is 10.6 Å². The predicted octanol–water partition coefficient (Wildman–Crippen LogP) is 2.06. The number of esters is 1. The summed E-state index contributed by atoms with van der Waals surface area (Å²) in [6.07, 6.45) is 1.20. The van der Waals surface area contributed by atoms with Crippen molar-refractivity contribution in [2.24, 2.45) is 0 Å². The van der Waals surface area contributed by atoms with Gasteiger partial charge in [-0.05, 0) is 51.3 Å². The standard InChI is InChI=1S/C19H27N3O4/c1-13(2)21-19(25)20-12-15-6-8-16(9-7-15)18(24)26-14(3)17(23)22-10-4-5-11-22/h6-9,13-14H,4-5,10-12H2,1-3H3,(H2,20,21,25). The number of likely N-dealkylation sites (tertiary alicyclic amines) is 1. The number of amides is 3. The van der Waals surface area contributed by atoms with Crippen molar-refractivity contribution in [1.82, 2.24) is 15.5 Å². The number of nitrogens with one attached hydrogen (secondary N) is 2. The fraction of sp³-hybridized carbons (Fsp3) is 0.526. The van der Waals surface area contributed by atoms with Gasteiger partial charge < -0.3 is 20.3 Å². The van der Waals surface area contributed by atoms with Gasteiger partial charge in [0, 0.05) is 25.7 Å². The lowest BCUT2D eigenvalue weighted by molar-refractivity contribution is -0.138. The first-order valence-corrected chi connectivity index (χ1v) is 9.00. The van der Waals surface area contributed by atoms with Crippen molar-refractivity contribution in [2.75, 3.05) is 13.1 Å². The third-order valence-corrected chi connectivity index (χ3v) is 4.11. The molecular weight excluding hydrogens is 334 g/mol. The van der Waals surface area contributed by atoms with Crippen LogP contribution in [0.3, 0.4) is 0 Å². The molecule has 1 aromatic rings. The summed E-state index contributed by atoms with van der Waals surface area (Å²) in [6, 6.07) is 6.59. The van der Waals surface area contributed by atoms with Crippen molar-refractivity contribution in [3.8, 4) is 0 Å². The molecule has 0 aromatic heterocycles. The third kappa shape index (κ3) is 5.75. The average molecular weight is 361 g/mol. The molecular formula is C19H27N3O4. The van der Waals surface area contributed by atoms with E-state index < -0.39 is 12.1 Å². The Morgan fingerprint density at radius 1 is 1.08 bits per heavy atom. The number of hydrogen-bond acceptors (Lipinski definition) is 4. The zero-order chi connectivity index (χ0) is 19.1. The van der Waals surface area contributed by atoms with Crippen LogP contribution in [0, 0.1) is 0 Å². The van der Waals surface area contributed by atoms with Crippen LogP contribution >= 0.6 is 0 Å². The fourth-order valence-electron chi connectivity index (χ4n) is 2.73. The molecule has 2 rings (SSSR count). The summed E-state index contributed by atoms with van der Waals surface area (Å²) in [5.74, 6) is -0.671. The molecule has 1 saturated heterocycles. The maximum atomic E-state index is 12.2. The number of hydrogen-bond donors (Lipinski definition) is 2. The Morgan fingerprint density at radius 2 is 1.69 bits per heavy atom. The van der Waals surface area contributed by atoms with Crippen LogP contribution in [0.4, 0.5) is 4.79 Å². The molecule has 7 nitrogen and oxygen atoms in total. The second-order valence-electron chi connectivity index (χ2n) is 6.76. The molecule has 1 fully saturated rings. The maximum absolute atomic E-state index is 12.2. The molecule has 3 amide bonds. The molecule has 1 unspecified atom stereocenters. The van der Waals surface area contributed by atoms with Crippen molar-refractivity contribution in [3.05, 3.63) is 35.4 Å². The molecule has 0 saturated carbocycles. The molecule has 0 spiro atoms. The topological polar surface area (TPSA) is 87.7 Å². The normalized spacial score (nSPS) is 14.8. The van der Waals surface area contributed by atoms with E-state index in [2.05, 4.69) is 10.6 Å². The summed E-state index contributed by atoms with van der Waals surface area (Å²) >= 11 is 0. The summed E-state index contributed by atoms with van der Waals surface area (Å²) in [6.45, 7) is 7.19. The van der Waals surface area contributed by atoms with Crippen LogP contribution in [-0.2, 0) is 16.1 Å². The molecule has 2 N–H and O–H groups in total. The average Bonchev–Trinajstić information content (AvgIpc) is 3.13. The van der Waals surface area contributed by atoms with Gasteiger partial charge >= 0.3 is 12.0 Å². The summed E-state index contributed by atoms with van der Waals surface area (Å²) in [5, 5.41) is 5.48. The highest BCUT2D eigenvalue weighted by atomic mass is 16.5. The minimum atomic E-state index is -0.790. The van der Waals surface area contributed by atoms with Gasteiger partial charge in [0.2, 0.25) is 0 Å². The lowest BCUT2D eigenvalue weighted by Crippen LogP contribution is -2.39. The quantitative estimate of drug-likeness (QED) is 0.759. The molecule has 1 aliphatic heterocycles. The highest BCUT2D eigenvalue weighted by Gasteiger charge is 2.26. The van der Waals surface area contributed by atoms with Crippen LogP contribution in [0.5, 0.6) is 0 Å². The number of urea groups is 1. The first-order valence-electron chi connectivity index (χ1n) is 9.00. The second kappa shape index (κ2) is 9.22. The van der Waals surface area contributed by atoms with E-state index in [0.717, 1.165) is 31.5 Å². The van der Waals surface area contributed by atoms with E-state index in [9.17, 15) is 14.4 Å². The zero-order valence-corrected chi connectivity index (χ0v) is 15.6. The molecule has 0 aliphatic carbocycles. The lowest BCUT2D eigenvalue weighted by Gasteiger charge is -2.20. The van der Waals surface area contributed by atoms with E-state index in [0.29, 0.717) is 12.1 Å². The molecule has 1 aromatic carbocycles. The highest BCUT2D eigenvalue weighted by Crippen LogP contribution is 2.12. The molecule has 1 heterocycles. The number of benzene rings is 1. The number of carbonyl (C=O) groups is 3. The van der Waals surface area contributed by atoms with Crippen LogP contribution in [0.15, 0.2) is 24.3 Å². The van der Waals surface area contributed by atoms with Crippen LogP contribution in [0.2, 0.25) is 0 Å². The zero-order valence-electron chi connectivity index (χ0n) is 15.6. The van der Waals surface area contributed by atoms with Crippen molar-refractivity contribution in [1.29, 1.82) is 0 Å². The molecule has 142 valence electrons. The second-order valence-corrected chi connectivity index (χ2v) is 6.76. The van der Waals surface area contributed by atoms with Crippen molar-refractivity contribution >= 4 is 17.9 Å². The summed E-state index contributed by atoms with van der Waals surface area (Å²) < 4.78 is 5.28. The Bertz CT molecular complexity index is 637. The first kappa shape index (κ1) is 19.8. The predicted molar refractivity (Wildman–Crippen MR) is 97.6 cm³/mol. The van der Waals surface area contributed by atoms with Gasteiger partial charge in [-0.25, -0.2) is 9.59 Å².